The highest BCUT2D eigenvalue weighted by atomic mass is 32.1. The van der Waals surface area contributed by atoms with E-state index in [1.54, 1.807) is 17.8 Å². The van der Waals surface area contributed by atoms with Crippen LogP contribution in [0.1, 0.15) is 15.5 Å². The summed E-state index contributed by atoms with van der Waals surface area (Å²) in [4.78, 5) is 22.4. The number of nitrogens with two attached hydrogens (primary N) is 1. The van der Waals surface area contributed by atoms with Crippen molar-refractivity contribution in [2.24, 2.45) is 5.73 Å². The second-order valence-electron chi connectivity index (χ2n) is 4.41. The Kier molecular flexibility index (Phi) is 4.65. The summed E-state index contributed by atoms with van der Waals surface area (Å²) in [6.45, 7) is 0.530. The Labute approximate surface area is 121 Å². The molecule has 0 atom stereocenters. The molecule has 2 rings (SSSR count). The summed E-state index contributed by atoms with van der Waals surface area (Å²) in [6.07, 6.45) is 4.00. The van der Waals surface area contributed by atoms with E-state index in [2.05, 4.69) is 15.3 Å². The van der Waals surface area contributed by atoms with E-state index in [-0.39, 0.29) is 5.91 Å². The normalized spacial score (nSPS) is 10.3. The summed E-state index contributed by atoms with van der Waals surface area (Å²) in [7, 11) is 3.82. The van der Waals surface area contributed by atoms with E-state index in [0.29, 0.717) is 24.3 Å². The highest BCUT2D eigenvalue weighted by Gasteiger charge is 2.13. The van der Waals surface area contributed by atoms with Gasteiger partial charge in [0.15, 0.2) is 0 Å². The number of nitrogens with zero attached hydrogens (tertiary/aromatic N) is 3. The van der Waals surface area contributed by atoms with Gasteiger partial charge in [0.05, 0.1) is 22.6 Å². The van der Waals surface area contributed by atoms with Crippen molar-refractivity contribution in [2.45, 2.75) is 6.42 Å². The Morgan fingerprint density at radius 2 is 2.30 bits per heavy atom. The second kappa shape index (κ2) is 6.44. The predicted octanol–water partition coefficient (Wildman–Crippen LogP) is 1.36. The van der Waals surface area contributed by atoms with Crippen LogP contribution in [0.4, 0.5) is 11.4 Å². The molecular formula is C13H17N5OS. The first-order chi connectivity index (χ1) is 9.61. The fourth-order valence-corrected chi connectivity index (χ4v) is 2.51. The number of pyridine rings is 1. The maximum atomic E-state index is 12.2. The van der Waals surface area contributed by atoms with E-state index >= 15 is 0 Å². The van der Waals surface area contributed by atoms with Crippen LogP contribution < -0.4 is 16.0 Å². The van der Waals surface area contributed by atoms with Gasteiger partial charge >= 0.3 is 0 Å². The van der Waals surface area contributed by atoms with Gasteiger partial charge in [-0.2, -0.15) is 0 Å². The highest BCUT2D eigenvalue weighted by Crippen LogP contribution is 2.23. The van der Waals surface area contributed by atoms with E-state index in [4.69, 9.17) is 5.73 Å². The number of carbonyl (C=O) groups excluding carboxylic acids is 1. The molecule has 0 fully saturated rings. The minimum atomic E-state index is -0.236. The van der Waals surface area contributed by atoms with Gasteiger partial charge in [-0.15, -0.1) is 11.3 Å². The molecule has 0 aliphatic rings. The number of rotatable bonds is 5. The summed E-state index contributed by atoms with van der Waals surface area (Å²) in [6, 6.07) is 1.84. The third-order valence-electron chi connectivity index (χ3n) is 2.67. The molecule has 0 saturated heterocycles. The molecule has 2 aromatic heterocycles. The molecule has 6 nitrogen and oxygen atoms in total. The number of hydrogen-bond donors (Lipinski definition) is 2. The van der Waals surface area contributed by atoms with Crippen molar-refractivity contribution >= 4 is 28.6 Å². The first kappa shape index (κ1) is 14.4. The Balaban J connectivity index is 2.15. The third kappa shape index (κ3) is 3.31. The van der Waals surface area contributed by atoms with Crippen LogP contribution in [0.15, 0.2) is 23.8 Å². The van der Waals surface area contributed by atoms with E-state index in [1.165, 1.54) is 11.3 Å². The number of aromatic nitrogens is 2. The van der Waals surface area contributed by atoms with E-state index < -0.39 is 0 Å². The van der Waals surface area contributed by atoms with Crippen molar-refractivity contribution in [3.8, 4) is 0 Å². The average molecular weight is 291 g/mol. The maximum absolute atomic E-state index is 12.2. The van der Waals surface area contributed by atoms with Gasteiger partial charge in [0.2, 0.25) is 0 Å². The second-order valence-corrected chi connectivity index (χ2v) is 5.35. The minimum Gasteiger partial charge on any atom is -0.376 e. The molecule has 20 heavy (non-hydrogen) atoms. The van der Waals surface area contributed by atoms with Crippen molar-refractivity contribution in [3.05, 3.63) is 34.5 Å². The van der Waals surface area contributed by atoms with Gasteiger partial charge in [0, 0.05) is 32.1 Å². The molecule has 0 radical (unpaired) electrons. The molecule has 0 aliphatic heterocycles. The zero-order valence-corrected chi connectivity index (χ0v) is 12.3. The number of amides is 1. The zero-order valence-electron chi connectivity index (χ0n) is 11.5. The molecule has 2 heterocycles. The van der Waals surface area contributed by atoms with Gasteiger partial charge in [-0.25, -0.2) is 4.98 Å². The molecule has 1 amide bonds. The van der Waals surface area contributed by atoms with Crippen LogP contribution >= 0.6 is 11.3 Å². The van der Waals surface area contributed by atoms with E-state index in [1.807, 2.05) is 25.1 Å². The van der Waals surface area contributed by atoms with E-state index in [0.717, 1.165) is 10.7 Å². The molecule has 0 bridgehead atoms. The monoisotopic (exact) mass is 291 g/mol. The van der Waals surface area contributed by atoms with Crippen molar-refractivity contribution in [1.82, 2.24) is 9.97 Å². The quantitative estimate of drug-likeness (QED) is 0.869. The Morgan fingerprint density at radius 1 is 1.50 bits per heavy atom. The molecule has 106 valence electrons. The molecule has 0 spiro atoms. The van der Waals surface area contributed by atoms with Gasteiger partial charge in [0.25, 0.3) is 5.91 Å². The Morgan fingerprint density at radius 3 is 3.00 bits per heavy atom. The summed E-state index contributed by atoms with van der Waals surface area (Å²) in [5.41, 5.74) is 7.44. The standard InChI is InChI=1S/C13H17N5OS/c1-18(2)11-4-6-15-7-9(11)17-13(19)10-8-20-12(16-10)3-5-14/h4,6-8H,3,5,14H2,1-2H3,(H,17,19). The molecule has 0 unspecified atom stereocenters. The molecule has 0 saturated carbocycles. The average Bonchev–Trinajstić information content (AvgIpc) is 2.88. The van der Waals surface area contributed by atoms with Crippen LogP contribution in [0.3, 0.4) is 0 Å². The van der Waals surface area contributed by atoms with Crippen molar-refractivity contribution in [2.75, 3.05) is 30.9 Å². The predicted molar refractivity (Wildman–Crippen MR) is 81.4 cm³/mol. The van der Waals surface area contributed by atoms with Gasteiger partial charge in [-0.3, -0.25) is 9.78 Å². The largest absolute Gasteiger partial charge is 0.376 e. The number of hydrogen-bond acceptors (Lipinski definition) is 6. The maximum Gasteiger partial charge on any atom is 0.275 e. The number of anilines is 2. The lowest BCUT2D eigenvalue weighted by Crippen LogP contribution is -2.17. The number of thiazole rings is 1. The fraction of sp³-hybridized carbons (Fsp3) is 0.308. The van der Waals surface area contributed by atoms with Gasteiger partial charge in [-0.1, -0.05) is 0 Å². The minimum absolute atomic E-state index is 0.236. The van der Waals surface area contributed by atoms with Crippen molar-refractivity contribution < 1.29 is 4.79 Å². The van der Waals surface area contributed by atoms with Crippen LogP contribution in [-0.2, 0) is 6.42 Å². The van der Waals surface area contributed by atoms with Crippen molar-refractivity contribution in [3.63, 3.8) is 0 Å². The molecular weight excluding hydrogens is 274 g/mol. The molecule has 3 N–H and O–H groups in total. The van der Waals surface area contributed by atoms with Gasteiger partial charge < -0.3 is 16.0 Å². The SMILES string of the molecule is CN(C)c1ccncc1NC(=O)c1csc(CCN)n1. The highest BCUT2D eigenvalue weighted by molar-refractivity contribution is 7.09. The van der Waals surface area contributed by atoms with Crippen LogP contribution in [-0.4, -0.2) is 36.5 Å². The zero-order chi connectivity index (χ0) is 14.5. The number of carbonyl (C=O) groups is 1. The van der Waals surface area contributed by atoms with Crippen LogP contribution in [0.25, 0.3) is 0 Å². The summed E-state index contributed by atoms with van der Waals surface area (Å²) in [5.74, 6) is -0.236. The number of nitrogens with one attached hydrogen (secondary N) is 1. The molecule has 0 aliphatic carbocycles. The Bertz CT molecular complexity index is 596. The lowest BCUT2D eigenvalue weighted by Gasteiger charge is -2.16. The fourth-order valence-electron chi connectivity index (χ4n) is 1.71. The van der Waals surface area contributed by atoms with Crippen molar-refractivity contribution in [1.29, 1.82) is 0 Å². The molecule has 7 heteroatoms. The van der Waals surface area contributed by atoms with Crippen LogP contribution in [0.5, 0.6) is 0 Å². The first-order valence-corrected chi connectivity index (χ1v) is 7.07. The third-order valence-corrected chi connectivity index (χ3v) is 3.58. The summed E-state index contributed by atoms with van der Waals surface area (Å²) < 4.78 is 0. The summed E-state index contributed by atoms with van der Waals surface area (Å²) in [5, 5.41) is 5.45. The van der Waals surface area contributed by atoms with Crippen LogP contribution in [0.2, 0.25) is 0 Å². The lowest BCUT2D eigenvalue weighted by atomic mass is 10.3. The molecule has 2 aromatic rings. The molecule has 0 aromatic carbocycles. The topological polar surface area (TPSA) is 84.1 Å². The smallest absolute Gasteiger partial charge is 0.275 e. The van der Waals surface area contributed by atoms with Crippen LogP contribution in [0, 0.1) is 0 Å². The first-order valence-electron chi connectivity index (χ1n) is 6.19. The lowest BCUT2D eigenvalue weighted by molar-refractivity contribution is 0.102. The van der Waals surface area contributed by atoms with E-state index in [9.17, 15) is 4.79 Å². The van der Waals surface area contributed by atoms with Gasteiger partial charge in [-0.05, 0) is 12.6 Å². The summed E-state index contributed by atoms with van der Waals surface area (Å²) >= 11 is 1.45. The van der Waals surface area contributed by atoms with Gasteiger partial charge in [0.1, 0.15) is 5.69 Å². The Hall–Kier alpha value is -1.99.